The van der Waals surface area contributed by atoms with E-state index in [4.69, 9.17) is 0 Å². The van der Waals surface area contributed by atoms with Crippen molar-refractivity contribution in [1.82, 2.24) is 13.7 Å². The summed E-state index contributed by atoms with van der Waals surface area (Å²) < 4.78 is 28.8. The Balaban J connectivity index is 0.000000277. The van der Waals surface area contributed by atoms with Crippen molar-refractivity contribution < 1.29 is 13.2 Å². The Hall–Kier alpha value is -2.85. The quantitative estimate of drug-likeness (QED) is 0.202. The SMILES string of the molecule is C.C.CNS(=O)(=O)n1cnc(Cc2cccc3ccc(Br)cc23)c1.O=Cc1cccc2ccc(Br)cc12. The van der Waals surface area contributed by atoms with E-state index in [2.05, 4.69) is 53.7 Å². The van der Waals surface area contributed by atoms with E-state index < -0.39 is 10.2 Å². The first-order valence-corrected chi connectivity index (χ1v) is 13.6. The highest BCUT2D eigenvalue weighted by Gasteiger charge is 2.12. The number of hydrogen-bond acceptors (Lipinski definition) is 4. The van der Waals surface area contributed by atoms with Gasteiger partial charge in [-0.1, -0.05) is 95.2 Å². The van der Waals surface area contributed by atoms with Gasteiger partial charge in [-0.2, -0.15) is 8.42 Å². The van der Waals surface area contributed by atoms with Crippen molar-refractivity contribution in [1.29, 1.82) is 0 Å². The molecule has 0 saturated carbocycles. The fourth-order valence-electron chi connectivity index (χ4n) is 3.70. The minimum absolute atomic E-state index is 0. The summed E-state index contributed by atoms with van der Waals surface area (Å²) in [4.78, 5) is 14.9. The minimum atomic E-state index is -3.52. The molecule has 0 amide bonds. The van der Waals surface area contributed by atoms with Gasteiger partial charge >= 0.3 is 10.2 Å². The summed E-state index contributed by atoms with van der Waals surface area (Å²) in [5, 5.41) is 4.35. The topological polar surface area (TPSA) is 81.1 Å². The number of hydrogen-bond donors (Lipinski definition) is 1. The summed E-state index contributed by atoms with van der Waals surface area (Å²) in [6, 6.07) is 23.8. The van der Waals surface area contributed by atoms with E-state index in [1.54, 1.807) is 0 Å². The first kappa shape index (κ1) is 30.4. The maximum absolute atomic E-state index is 11.7. The first-order chi connectivity index (χ1) is 16.8. The van der Waals surface area contributed by atoms with Crippen molar-refractivity contribution in [3.05, 3.63) is 111 Å². The van der Waals surface area contributed by atoms with Crippen molar-refractivity contribution >= 4 is 69.9 Å². The molecule has 0 aliphatic heterocycles. The molecular weight excluding hydrogens is 618 g/mol. The molecule has 0 radical (unpaired) electrons. The molecule has 0 saturated heterocycles. The van der Waals surface area contributed by atoms with Crippen LogP contribution in [0.2, 0.25) is 0 Å². The second kappa shape index (κ2) is 13.1. The van der Waals surface area contributed by atoms with Gasteiger partial charge in [-0.05, 0) is 51.4 Å². The van der Waals surface area contributed by atoms with Crippen LogP contribution in [0.1, 0.15) is 36.5 Å². The number of halogens is 2. The predicted octanol–water partition coefficient (Wildman–Crippen LogP) is 7.39. The number of aldehydes is 1. The average molecular weight is 647 g/mol. The standard InChI is InChI=1S/C15H14BrN3O2S.C11H7BrO.2CH4/c1-17-22(20,21)19-9-14(18-10-19)7-12-4-2-3-11-5-6-13(16)8-15(11)12;12-10-5-4-8-2-1-3-9(7-13)11(8)6-10;;/h2-6,8-10,17H,7H2,1H3;1-7H;2*1H4. The molecule has 0 unspecified atom stereocenters. The number of nitrogens with zero attached hydrogens (tertiary/aromatic N) is 2. The number of rotatable bonds is 5. The molecule has 4 aromatic carbocycles. The Morgan fingerprint density at radius 2 is 1.49 bits per heavy atom. The van der Waals surface area contributed by atoms with Gasteiger partial charge in [0.1, 0.15) is 6.33 Å². The monoisotopic (exact) mass is 645 g/mol. The third-order valence-corrected chi connectivity index (χ3v) is 7.72. The molecule has 6 nitrogen and oxygen atoms in total. The van der Waals surface area contributed by atoms with E-state index in [-0.39, 0.29) is 14.9 Å². The number of carbonyl (C=O) groups excluding carboxylic acids is 1. The molecule has 1 heterocycles. The Kier molecular flexibility index (Phi) is 10.8. The third-order valence-electron chi connectivity index (χ3n) is 5.46. The zero-order valence-corrected chi connectivity index (χ0v) is 22.6. The van der Waals surface area contributed by atoms with Crippen molar-refractivity contribution in [2.45, 2.75) is 21.3 Å². The van der Waals surface area contributed by atoms with Crippen molar-refractivity contribution in [2.75, 3.05) is 7.05 Å². The molecule has 5 rings (SSSR count). The molecule has 0 atom stereocenters. The van der Waals surface area contributed by atoms with Gasteiger partial charge in [-0.15, -0.1) is 0 Å². The van der Waals surface area contributed by atoms with Gasteiger partial charge in [0.05, 0.1) is 5.69 Å². The fraction of sp³-hybridized carbons (Fsp3) is 0.143. The Morgan fingerprint density at radius 3 is 2.11 bits per heavy atom. The number of imidazole rings is 1. The van der Waals surface area contributed by atoms with Gasteiger partial charge in [0, 0.05) is 34.2 Å². The second-order valence-corrected chi connectivity index (χ2v) is 11.3. The van der Waals surface area contributed by atoms with Gasteiger partial charge < -0.3 is 0 Å². The highest BCUT2D eigenvalue weighted by Crippen LogP contribution is 2.25. The molecular formula is C28H29Br2N3O3S. The van der Waals surface area contributed by atoms with Gasteiger partial charge in [0.25, 0.3) is 0 Å². The van der Waals surface area contributed by atoms with Crippen LogP contribution in [-0.4, -0.2) is 30.7 Å². The second-order valence-electron chi connectivity index (χ2n) is 7.69. The van der Waals surface area contributed by atoms with Gasteiger partial charge in [0.15, 0.2) is 6.29 Å². The highest BCUT2D eigenvalue weighted by atomic mass is 79.9. The van der Waals surface area contributed by atoms with Crippen molar-refractivity contribution in [3.63, 3.8) is 0 Å². The summed E-state index contributed by atoms with van der Waals surface area (Å²) in [6.07, 6.45) is 4.29. The average Bonchev–Trinajstić information content (AvgIpc) is 3.34. The molecule has 9 heteroatoms. The maximum atomic E-state index is 11.7. The van der Waals surface area contributed by atoms with Crippen LogP contribution >= 0.6 is 31.9 Å². The number of carbonyl (C=O) groups is 1. The van der Waals surface area contributed by atoms with E-state index in [0.717, 1.165) is 51.9 Å². The van der Waals surface area contributed by atoms with Crippen LogP contribution in [0.3, 0.4) is 0 Å². The zero-order valence-electron chi connectivity index (χ0n) is 18.7. The van der Waals surface area contributed by atoms with E-state index in [0.29, 0.717) is 12.1 Å². The normalized spacial score (nSPS) is 10.7. The van der Waals surface area contributed by atoms with E-state index in [1.807, 2.05) is 60.7 Å². The highest BCUT2D eigenvalue weighted by molar-refractivity contribution is 9.10. The molecule has 0 spiro atoms. The molecule has 37 heavy (non-hydrogen) atoms. The number of fused-ring (bicyclic) bond motifs is 2. The lowest BCUT2D eigenvalue weighted by Gasteiger charge is -2.06. The summed E-state index contributed by atoms with van der Waals surface area (Å²) in [5.74, 6) is 0. The van der Waals surface area contributed by atoms with Crippen LogP contribution in [0.4, 0.5) is 0 Å². The summed E-state index contributed by atoms with van der Waals surface area (Å²) >= 11 is 6.86. The third kappa shape index (κ3) is 7.13. The van der Waals surface area contributed by atoms with Gasteiger partial charge in [0.2, 0.25) is 0 Å². The van der Waals surface area contributed by atoms with Crippen LogP contribution in [0, 0.1) is 0 Å². The van der Waals surface area contributed by atoms with E-state index >= 15 is 0 Å². The smallest absolute Gasteiger partial charge is 0.298 e. The Bertz CT molecular complexity index is 1630. The summed E-state index contributed by atoms with van der Waals surface area (Å²) in [6.45, 7) is 0. The molecule has 0 bridgehead atoms. The van der Waals surface area contributed by atoms with Crippen LogP contribution in [0.15, 0.2) is 94.3 Å². The molecule has 0 fully saturated rings. The van der Waals surface area contributed by atoms with Gasteiger partial charge in [-0.25, -0.2) is 13.7 Å². The minimum Gasteiger partial charge on any atom is -0.298 e. The van der Waals surface area contributed by atoms with E-state index in [1.165, 1.54) is 19.6 Å². The molecule has 0 aliphatic carbocycles. The zero-order chi connectivity index (χ0) is 25.0. The van der Waals surface area contributed by atoms with Crippen LogP contribution in [0.5, 0.6) is 0 Å². The molecule has 5 aromatic rings. The Morgan fingerprint density at radius 1 is 0.892 bits per heavy atom. The molecule has 194 valence electrons. The first-order valence-electron chi connectivity index (χ1n) is 10.6. The number of benzene rings is 4. The number of nitrogens with one attached hydrogen (secondary N) is 1. The molecule has 1 aromatic heterocycles. The molecule has 0 aliphatic rings. The summed E-state index contributed by atoms with van der Waals surface area (Å²) in [5.41, 5.74) is 2.54. The fourth-order valence-corrected chi connectivity index (χ4v) is 5.07. The Labute approximate surface area is 235 Å². The summed E-state index contributed by atoms with van der Waals surface area (Å²) in [7, 11) is -2.15. The molecule has 1 N–H and O–H groups in total. The lowest BCUT2D eigenvalue weighted by molar-refractivity contribution is 0.112. The lowest BCUT2D eigenvalue weighted by atomic mass is 10.0. The van der Waals surface area contributed by atoms with Crippen LogP contribution < -0.4 is 4.72 Å². The largest absolute Gasteiger partial charge is 0.305 e. The van der Waals surface area contributed by atoms with Crippen molar-refractivity contribution in [2.24, 2.45) is 0 Å². The lowest BCUT2D eigenvalue weighted by Crippen LogP contribution is -2.25. The number of aromatic nitrogens is 2. The predicted molar refractivity (Wildman–Crippen MR) is 161 cm³/mol. The van der Waals surface area contributed by atoms with Crippen molar-refractivity contribution in [3.8, 4) is 0 Å². The van der Waals surface area contributed by atoms with Crippen LogP contribution in [-0.2, 0) is 16.6 Å². The van der Waals surface area contributed by atoms with Crippen LogP contribution in [0.25, 0.3) is 21.5 Å². The maximum Gasteiger partial charge on any atom is 0.305 e. The van der Waals surface area contributed by atoms with E-state index in [9.17, 15) is 13.2 Å². The van der Waals surface area contributed by atoms with Gasteiger partial charge in [-0.3, -0.25) is 4.79 Å².